The van der Waals surface area contributed by atoms with Crippen LogP contribution >= 0.6 is 0 Å². The van der Waals surface area contributed by atoms with Crippen molar-refractivity contribution in [1.29, 1.82) is 0 Å². The zero-order chi connectivity index (χ0) is 12.4. The molecule has 0 saturated heterocycles. The maximum Gasteiger partial charge on any atom is 0.0630 e. The van der Waals surface area contributed by atoms with E-state index in [1.54, 1.807) is 0 Å². The molecule has 2 nitrogen and oxygen atoms in total. The Kier molecular flexibility index (Phi) is 2.69. The van der Waals surface area contributed by atoms with E-state index < -0.39 is 0 Å². The molecule has 0 aliphatic carbocycles. The van der Waals surface area contributed by atoms with Gasteiger partial charge in [-0.1, -0.05) is 35.9 Å². The molecule has 1 heterocycles. The van der Waals surface area contributed by atoms with E-state index >= 15 is 0 Å². The van der Waals surface area contributed by atoms with Crippen molar-refractivity contribution >= 4 is 22.8 Å². The second kappa shape index (κ2) is 4.49. The number of aromatic amines is 1. The van der Waals surface area contributed by atoms with Gasteiger partial charge in [0.25, 0.3) is 0 Å². The molecule has 0 aliphatic heterocycles. The highest BCUT2D eigenvalue weighted by atomic mass is 14.7. The molecule has 1 aromatic heterocycles. The molecule has 0 saturated carbocycles. The van der Waals surface area contributed by atoms with E-state index in [0.717, 1.165) is 16.8 Å². The third-order valence-corrected chi connectivity index (χ3v) is 3.01. The van der Waals surface area contributed by atoms with Gasteiger partial charge in [-0.25, -0.2) is 0 Å². The molecule has 88 valence electrons. The summed E-state index contributed by atoms with van der Waals surface area (Å²) in [5.41, 5.74) is 4.49. The van der Waals surface area contributed by atoms with Gasteiger partial charge in [0.05, 0.1) is 5.69 Å². The lowest BCUT2D eigenvalue weighted by molar-refractivity contribution is 1.44. The Bertz CT molecular complexity index is 690. The van der Waals surface area contributed by atoms with Crippen LogP contribution in [0.4, 0.5) is 5.69 Å². The predicted molar refractivity (Wildman–Crippen MR) is 76.7 cm³/mol. The first-order valence-electron chi connectivity index (χ1n) is 6.00. The van der Waals surface area contributed by atoms with E-state index in [-0.39, 0.29) is 0 Å². The van der Waals surface area contributed by atoms with Crippen LogP contribution in [-0.2, 0) is 0 Å². The number of hydrogen-bond donors (Lipinski definition) is 1. The number of benzene rings is 2. The minimum atomic E-state index is 0.978. The van der Waals surface area contributed by atoms with Gasteiger partial charge in [0, 0.05) is 28.9 Å². The number of nitrogens with one attached hydrogen (secondary N) is 1. The molecule has 0 radical (unpaired) electrons. The van der Waals surface area contributed by atoms with E-state index in [4.69, 9.17) is 0 Å². The van der Waals surface area contributed by atoms with Gasteiger partial charge in [-0.15, -0.1) is 0 Å². The standard InChI is InChI=1S/C16H14N2/c1-12-6-8-14(9-7-12)17-10-13-11-18-16-5-3-2-4-15(13)16/h2-11,18H,1H3. The summed E-state index contributed by atoms with van der Waals surface area (Å²) in [6, 6.07) is 16.4. The number of aliphatic imine (C=N–C) groups is 1. The summed E-state index contributed by atoms with van der Waals surface area (Å²) in [5.74, 6) is 0. The van der Waals surface area contributed by atoms with Crippen molar-refractivity contribution in [1.82, 2.24) is 4.98 Å². The number of aromatic nitrogens is 1. The van der Waals surface area contributed by atoms with Crippen LogP contribution in [0.5, 0.6) is 0 Å². The average molecular weight is 234 g/mol. The van der Waals surface area contributed by atoms with E-state index in [1.807, 2.05) is 36.7 Å². The number of aryl methyl sites for hydroxylation is 1. The maximum absolute atomic E-state index is 4.49. The Labute approximate surface area is 106 Å². The van der Waals surface area contributed by atoms with E-state index in [0.29, 0.717) is 0 Å². The van der Waals surface area contributed by atoms with Crippen molar-refractivity contribution in [2.24, 2.45) is 4.99 Å². The molecule has 0 amide bonds. The summed E-state index contributed by atoms with van der Waals surface area (Å²) >= 11 is 0. The van der Waals surface area contributed by atoms with Gasteiger partial charge < -0.3 is 4.98 Å². The Balaban J connectivity index is 1.94. The fourth-order valence-electron chi connectivity index (χ4n) is 1.98. The van der Waals surface area contributed by atoms with E-state index in [1.165, 1.54) is 10.9 Å². The Hall–Kier alpha value is -2.35. The maximum atomic E-state index is 4.49. The molecule has 3 aromatic rings. The highest BCUT2D eigenvalue weighted by molar-refractivity contribution is 5.99. The summed E-state index contributed by atoms with van der Waals surface area (Å²) in [4.78, 5) is 7.74. The van der Waals surface area contributed by atoms with Gasteiger partial charge in [0.15, 0.2) is 0 Å². The van der Waals surface area contributed by atoms with Crippen LogP contribution in [0.3, 0.4) is 0 Å². The first-order chi connectivity index (χ1) is 8.83. The number of rotatable bonds is 2. The zero-order valence-electron chi connectivity index (χ0n) is 10.2. The molecule has 0 fully saturated rings. The highest BCUT2D eigenvalue weighted by Gasteiger charge is 1.99. The lowest BCUT2D eigenvalue weighted by Gasteiger charge is -1.94. The van der Waals surface area contributed by atoms with Crippen molar-refractivity contribution in [2.45, 2.75) is 6.92 Å². The van der Waals surface area contributed by atoms with E-state index in [9.17, 15) is 0 Å². The second-order valence-electron chi connectivity index (χ2n) is 4.38. The summed E-state index contributed by atoms with van der Waals surface area (Å²) in [6.07, 6.45) is 3.89. The first kappa shape index (κ1) is 10.8. The van der Waals surface area contributed by atoms with Crippen LogP contribution in [0.2, 0.25) is 0 Å². The fraction of sp³-hybridized carbons (Fsp3) is 0.0625. The van der Waals surface area contributed by atoms with Crippen LogP contribution < -0.4 is 0 Å². The van der Waals surface area contributed by atoms with Crippen molar-refractivity contribution in [3.05, 3.63) is 65.9 Å². The summed E-state index contributed by atoms with van der Waals surface area (Å²) in [5, 5.41) is 1.20. The van der Waals surface area contributed by atoms with Crippen molar-refractivity contribution < 1.29 is 0 Å². The molecule has 0 spiro atoms. The second-order valence-corrected chi connectivity index (χ2v) is 4.38. The molecule has 2 aromatic carbocycles. The molecule has 2 heteroatoms. The number of nitrogens with zero attached hydrogens (tertiary/aromatic N) is 1. The number of hydrogen-bond acceptors (Lipinski definition) is 1. The van der Waals surface area contributed by atoms with Crippen molar-refractivity contribution in [3.8, 4) is 0 Å². The predicted octanol–water partition coefficient (Wildman–Crippen LogP) is 4.23. The Morgan fingerprint density at radius 2 is 1.78 bits per heavy atom. The van der Waals surface area contributed by atoms with Crippen LogP contribution in [0, 0.1) is 6.92 Å². The minimum absolute atomic E-state index is 0.978. The fourth-order valence-corrected chi connectivity index (χ4v) is 1.98. The smallest absolute Gasteiger partial charge is 0.0630 e. The normalized spacial score (nSPS) is 11.4. The third-order valence-electron chi connectivity index (χ3n) is 3.01. The lowest BCUT2D eigenvalue weighted by atomic mass is 10.2. The van der Waals surface area contributed by atoms with Gasteiger partial charge >= 0.3 is 0 Å². The van der Waals surface area contributed by atoms with E-state index in [2.05, 4.69) is 41.2 Å². The molecule has 0 atom stereocenters. The van der Waals surface area contributed by atoms with Gasteiger partial charge in [0.2, 0.25) is 0 Å². The molecule has 0 bridgehead atoms. The monoisotopic (exact) mass is 234 g/mol. The summed E-state index contributed by atoms with van der Waals surface area (Å²) < 4.78 is 0. The van der Waals surface area contributed by atoms with Crippen LogP contribution in [0.25, 0.3) is 10.9 Å². The molecular weight excluding hydrogens is 220 g/mol. The van der Waals surface area contributed by atoms with Gasteiger partial charge in [-0.05, 0) is 25.1 Å². The third kappa shape index (κ3) is 2.05. The van der Waals surface area contributed by atoms with Crippen LogP contribution in [-0.4, -0.2) is 11.2 Å². The molecule has 1 N–H and O–H groups in total. The van der Waals surface area contributed by atoms with Gasteiger partial charge in [0.1, 0.15) is 0 Å². The zero-order valence-corrected chi connectivity index (χ0v) is 10.2. The lowest BCUT2D eigenvalue weighted by Crippen LogP contribution is -1.77. The molecule has 0 unspecified atom stereocenters. The Morgan fingerprint density at radius 3 is 2.61 bits per heavy atom. The van der Waals surface area contributed by atoms with Gasteiger partial charge in [-0.3, -0.25) is 4.99 Å². The van der Waals surface area contributed by atoms with Crippen molar-refractivity contribution in [3.63, 3.8) is 0 Å². The first-order valence-corrected chi connectivity index (χ1v) is 6.00. The van der Waals surface area contributed by atoms with Crippen LogP contribution in [0.1, 0.15) is 11.1 Å². The topological polar surface area (TPSA) is 28.1 Å². The Morgan fingerprint density at radius 1 is 1.00 bits per heavy atom. The molecule has 0 aliphatic rings. The SMILES string of the molecule is Cc1ccc(N=Cc2c[nH]c3ccccc23)cc1. The number of H-pyrrole nitrogens is 1. The minimum Gasteiger partial charge on any atom is -0.361 e. The highest BCUT2D eigenvalue weighted by Crippen LogP contribution is 2.17. The summed E-state index contributed by atoms with van der Waals surface area (Å²) in [6.45, 7) is 2.08. The number of para-hydroxylation sites is 1. The van der Waals surface area contributed by atoms with Gasteiger partial charge in [-0.2, -0.15) is 0 Å². The summed E-state index contributed by atoms with van der Waals surface area (Å²) in [7, 11) is 0. The average Bonchev–Trinajstić information content (AvgIpc) is 2.82. The molecule has 3 rings (SSSR count). The molecule has 18 heavy (non-hydrogen) atoms. The largest absolute Gasteiger partial charge is 0.361 e. The quantitative estimate of drug-likeness (QED) is 0.643. The molecular formula is C16H14N2. The van der Waals surface area contributed by atoms with Crippen molar-refractivity contribution in [2.75, 3.05) is 0 Å². The van der Waals surface area contributed by atoms with Crippen LogP contribution in [0.15, 0.2) is 59.7 Å². The number of fused-ring (bicyclic) bond motifs is 1.